The van der Waals surface area contributed by atoms with Crippen molar-refractivity contribution in [2.24, 2.45) is 0 Å². The molecule has 0 fully saturated rings. The quantitative estimate of drug-likeness (QED) is 0.473. The van der Waals surface area contributed by atoms with Crippen molar-refractivity contribution in [1.82, 2.24) is 10.2 Å². The first kappa shape index (κ1) is 18.3. The summed E-state index contributed by atoms with van der Waals surface area (Å²) in [7, 11) is 3.72. The number of nitro benzene ring substituents is 1. The van der Waals surface area contributed by atoms with E-state index in [-0.39, 0.29) is 11.6 Å². The zero-order valence-corrected chi connectivity index (χ0v) is 13.8. The molecule has 7 nitrogen and oxygen atoms in total. The van der Waals surface area contributed by atoms with Gasteiger partial charge in [-0.2, -0.15) is 0 Å². The number of likely N-dealkylation sites (N-methyl/N-ethyl adjacent to an activating group) is 1. The minimum Gasteiger partial charge on any atom is -0.468 e. The van der Waals surface area contributed by atoms with Crippen LogP contribution in [0, 0.1) is 15.9 Å². The molecule has 1 heterocycles. The highest BCUT2D eigenvalue weighted by Gasteiger charge is 2.17. The van der Waals surface area contributed by atoms with Crippen molar-refractivity contribution < 1.29 is 18.5 Å². The molecule has 25 heavy (non-hydrogen) atoms. The van der Waals surface area contributed by atoms with Crippen molar-refractivity contribution in [3.63, 3.8) is 0 Å². The van der Waals surface area contributed by atoms with Crippen LogP contribution < -0.4 is 5.32 Å². The maximum absolute atomic E-state index is 13.1. The maximum Gasteiger partial charge on any atom is 0.279 e. The summed E-state index contributed by atoms with van der Waals surface area (Å²) < 4.78 is 18.5. The minimum atomic E-state index is -0.708. The molecule has 0 aliphatic rings. The van der Waals surface area contributed by atoms with Gasteiger partial charge in [-0.1, -0.05) is 0 Å². The Morgan fingerprint density at radius 3 is 2.80 bits per heavy atom. The Morgan fingerprint density at radius 2 is 2.20 bits per heavy atom. The second kappa shape index (κ2) is 8.20. The molecular formula is C17H18FN3O4. The van der Waals surface area contributed by atoms with Crippen LogP contribution in [0.1, 0.15) is 17.4 Å². The van der Waals surface area contributed by atoms with E-state index >= 15 is 0 Å². The van der Waals surface area contributed by atoms with E-state index in [4.69, 9.17) is 4.42 Å². The molecule has 0 aliphatic carbocycles. The third-order valence-corrected chi connectivity index (χ3v) is 3.57. The van der Waals surface area contributed by atoms with Crippen LogP contribution in [-0.4, -0.2) is 36.4 Å². The molecule has 0 radical (unpaired) electrons. The number of amides is 1. The number of carbonyl (C=O) groups is 1. The second-order valence-electron chi connectivity index (χ2n) is 5.53. The Bertz CT molecular complexity index is 772. The number of nitrogens with zero attached hydrogens (tertiary/aromatic N) is 2. The molecule has 0 spiro atoms. The summed E-state index contributed by atoms with van der Waals surface area (Å²) in [5.41, 5.74) is -0.248. The molecule has 132 valence electrons. The number of hydrogen-bond donors (Lipinski definition) is 1. The van der Waals surface area contributed by atoms with Crippen LogP contribution in [-0.2, 0) is 4.79 Å². The number of furan rings is 1. The lowest BCUT2D eigenvalue weighted by atomic mass is 10.1. The number of rotatable bonds is 7. The topological polar surface area (TPSA) is 88.6 Å². The summed E-state index contributed by atoms with van der Waals surface area (Å²) in [6, 6.07) is 6.60. The summed E-state index contributed by atoms with van der Waals surface area (Å²) in [5.74, 6) is -0.416. The van der Waals surface area contributed by atoms with Crippen molar-refractivity contribution in [3.05, 3.63) is 69.9 Å². The van der Waals surface area contributed by atoms with Crippen LogP contribution in [0.25, 0.3) is 6.08 Å². The van der Waals surface area contributed by atoms with Gasteiger partial charge in [0.2, 0.25) is 5.91 Å². The van der Waals surface area contributed by atoms with Gasteiger partial charge < -0.3 is 9.73 Å². The molecule has 1 atom stereocenters. The maximum atomic E-state index is 13.1. The molecular weight excluding hydrogens is 329 g/mol. The summed E-state index contributed by atoms with van der Waals surface area (Å²) in [4.78, 5) is 24.1. The van der Waals surface area contributed by atoms with Crippen LogP contribution in [0.15, 0.2) is 47.1 Å². The first-order valence-corrected chi connectivity index (χ1v) is 7.48. The molecule has 2 aromatic rings. The minimum absolute atomic E-state index is 0.146. The SMILES string of the molecule is CN(C)[C@H](CNC(=O)/C=C\c1ccc(F)cc1[N+](=O)[O-])c1ccco1. The number of carbonyl (C=O) groups excluding carboxylic acids is 1. The highest BCUT2D eigenvalue weighted by Crippen LogP contribution is 2.21. The average Bonchev–Trinajstić information content (AvgIpc) is 3.07. The van der Waals surface area contributed by atoms with E-state index in [0.717, 1.165) is 12.1 Å². The smallest absolute Gasteiger partial charge is 0.279 e. The second-order valence-corrected chi connectivity index (χ2v) is 5.53. The monoisotopic (exact) mass is 347 g/mol. The van der Waals surface area contributed by atoms with Crippen LogP contribution in [0.5, 0.6) is 0 Å². The predicted molar refractivity (Wildman–Crippen MR) is 90.2 cm³/mol. The third-order valence-electron chi connectivity index (χ3n) is 3.57. The van der Waals surface area contributed by atoms with E-state index in [1.807, 2.05) is 25.1 Å². The molecule has 0 unspecified atom stereocenters. The van der Waals surface area contributed by atoms with Gasteiger partial charge in [0.05, 0.1) is 28.9 Å². The third kappa shape index (κ3) is 4.98. The van der Waals surface area contributed by atoms with E-state index in [0.29, 0.717) is 12.3 Å². The molecule has 0 saturated carbocycles. The van der Waals surface area contributed by atoms with Crippen molar-refractivity contribution in [2.75, 3.05) is 20.6 Å². The van der Waals surface area contributed by atoms with Crippen molar-refractivity contribution >= 4 is 17.7 Å². The van der Waals surface area contributed by atoms with Gasteiger partial charge in [-0.05, 0) is 44.4 Å². The molecule has 0 aliphatic heterocycles. The molecule has 1 N–H and O–H groups in total. The highest BCUT2D eigenvalue weighted by molar-refractivity contribution is 5.92. The Balaban J connectivity index is 2.03. The number of hydrogen-bond acceptors (Lipinski definition) is 5. The highest BCUT2D eigenvalue weighted by atomic mass is 19.1. The number of nitro groups is 1. The Morgan fingerprint density at radius 1 is 1.44 bits per heavy atom. The van der Waals surface area contributed by atoms with Crippen LogP contribution in [0.4, 0.5) is 10.1 Å². The van der Waals surface area contributed by atoms with Crippen LogP contribution in [0.2, 0.25) is 0 Å². The molecule has 1 aromatic heterocycles. The van der Waals surface area contributed by atoms with Gasteiger partial charge in [0.15, 0.2) is 0 Å². The molecule has 0 bridgehead atoms. The van der Waals surface area contributed by atoms with Gasteiger partial charge >= 0.3 is 0 Å². The molecule has 1 aromatic carbocycles. The Hall–Kier alpha value is -3.00. The predicted octanol–water partition coefficient (Wildman–Crippen LogP) is 2.76. The van der Waals surface area contributed by atoms with Gasteiger partial charge in [-0.3, -0.25) is 19.8 Å². The molecule has 0 saturated heterocycles. The zero-order chi connectivity index (χ0) is 18.4. The summed E-state index contributed by atoms with van der Waals surface area (Å²) in [6.07, 6.45) is 4.01. The lowest BCUT2D eigenvalue weighted by Crippen LogP contribution is -2.33. The summed E-state index contributed by atoms with van der Waals surface area (Å²) in [6.45, 7) is 0.301. The Kier molecular flexibility index (Phi) is 6.02. The van der Waals surface area contributed by atoms with E-state index in [1.54, 1.807) is 12.3 Å². The number of benzene rings is 1. The Labute approximate surface area is 143 Å². The number of nitrogens with one attached hydrogen (secondary N) is 1. The van der Waals surface area contributed by atoms with E-state index in [9.17, 15) is 19.3 Å². The normalized spacial score (nSPS) is 12.5. The zero-order valence-electron chi connectivity index (χ0n) is 13.8. The average molecular weight is 347 g/mol. The fraction of sp³-hybridized carbons (Fsp3) is 0.235. The van der Waals surface area contributed by atoms with Crippen LogP contribution >= 0.6 is 0 Å². The van der Waals surface area contributed by atoms with Crippen molar-refractivity contribution in [1.29, 1.82) is 0 Å². The summed E-state index contributed by atoms with van der Waals surface area (Å²) >= 11 is 0. The first-order valence-electron chi connectivity index (χ1n) is 7.48. The lowest BCUT2D eigenvalue weighted by Gasteiger charge is -2.22. The number of halogens is 1. The van der Waals surface area contributed by atoms with Gasteiger partial charge in [0, 0.05) is 12.6 Å². The van der Waals surface area contributed by atoms with Gasteiger partial charge in [-0.25, -0.2) is 4.39 Å². The van der Waals surface area contributed by atoms with Crippen molar-refractivity contribution in [2.45, 2.75) is 6.04 Å². The van der Waals surface area contributed by atoms with Gasteiger partial charge in [-0.15, -0.1) is 0 Å². The first-order chi connectivity index (χ1) is 11.9. The molecule has 1 amide bonds. The lowest BCUT2D eigenvalue weighted by molar-refractivity contribution is -0.385. The van der Waals surface area contributed by atoms with Gasteiger partial charge in [0.1, 0.15) is 11.6 Å². The fourth-order valence-corrected chi connectivity index (χ4v) is 2.26. The largest absolute Gasteiger partial charge is 0.468 e. The van der Waals surface area contributed by atoms with Gasteiger partial charge in [0.25, 0.3) is 5.69 Å². The molecule has 2 rings (SSSR count). The van der Waals surface area contributed by atoms with E-state index < -0.39 is 22.3 Å². The fourth-order valence-electron chi connectivity index (χ4n) is 2.26. The van der Waals surface area contributed by atoms with E-state index in [1.165, 1.54) is 18.2 Å². The standard InChI is InChI=1S/C17H18FN3O4/c1-20(2)15(16-4-3-9-25-16)11-19-17(22)8-6-12-5-7-13(18)10-14(12)21(23)24/h3-10,15H,11H2,1-2H3,(H,19,22)/b8-6-/t15-/m1/s1. The van der Waals surface area contributed by atoms with E-state index in [2.05, 4.69) is 5.32 Å². The van der Waals surface area contributed by atoms with Crippen molar-refractivity contribution in [3.8, 4) is 0 Å². The molecule has 8 heteroatoms. The summed E-state index contributed by atoms with van der Waals surface area (Å²) in [5, 5.41) is 13.6. The van der Waals surface area contributed by atoms with Crippen LogP contribution in [0.3, 0.4) is 0 Å².